The molecule has 0 atom stereocenters. The van der Waals surface area contributed by atoms with Crippen molar-refractivity contribution in [1.82, 2.24) is 4.98 Å². The van der Waals surface area contributed by atoms with E-state index in [2.05, 4.69) is 56.3 Å². The molecule has 0 bridgehead atoms. The molecule has 1 heterocycles. The van der Waals surface area contributed by atoms with Crippen molar-refractivity contribution in [2.24, 2.45) is 0 Å². The molecule has 1 nitrogen and oxygen atoms in total. The maximum absolute atomic E-state index is 5.15. The lowest BCUT2D eigenvalue weighted by atomic mass is 9.98. The average molecular weight is 319 g/mol. The van der Waals surface area contributed by atoms with E-state index in [1.807, 2.05) is 0 Å². The van der Waals surface area contributed by atoms with Gasteiger partial charge in [-0.3, -0.25) is 4.98 Å². The topological polar surface area (TPSA) is 12.9 Å². The first-order valence-electron chi connectivity index (χ1n) is 9.63. The minimum atomic E-state index is 1.12. The zero-order valence-corrected chi connectivity index (χ0v) is 15.1. The van der Waals surface area contributed by atoms with E-state index in [9.17, 15) is 0 Å². The van der Waals surface area contributed by atoms with Crippen molar-refractivity contribution in [3.05, 3.63) is 53.7 Å². The molecule has 0 saturated carbocycles. The largest absolute Gasteiger partial charge is 0.252 e. The van der Waals surface area contributed by atoms with Gasteiger partial charge in [-0.2, -0.15) is 0 Å². The van der Waals surface area contributed by atoms with Gasteiger partial charge in [0.05, 0.1) is 5.52 Å². The van der Waals surface area contributed by atoms with Crippen LogP contribution < -0.4 is 0 Å². The summed E-state index contributed by atoms with van der Waals surface area (Å²) < 4.78 is 0. The maximum atomic E-state index is 5.15. The third-order valence-electron chi connectivity index (χ3n) is 4.95. The minimum absolute atomic E-state index is 1.12. The van der Waals surface area contributed by atoms with Crippen LogP contribution in [-0.4, -0.2) is 4.98 Å². The van der Waals surface area contributed by atoms with Crippen LogP contribution in [-0.2, 0) is 12.8 Å². The molecule has 0 N–H and O–H groups in total. The molecule has 1 aromatic heterocycles. The molecule has 3 aromatic rings. The Hall–Kier alpha value is -1.89. The first-order valence-corrected chi connectivity index (χ1v) is 9.63. The highest BCUT2D eigenvalue weighted by Crippen LogP contribution is 2.27. The van der Waals surface area contributed by atoms with E-state index in [4.69, 9.17) is 4.98 Å². The fraction of sp³-hybridized carbons (Fsp3) is 0.435. The van der Waals surface area contributed by atoms with Gasteiger partial charge in [0.1, 0.15) is 0 Å². The third-order valence-corrected chi connectivity index (χ3v) is 4.95. The second-order valence-electron chi connectivity index (χ2n) is 6.87. The Morgan fingerprint density at radius 1 is 0.750 bits per heavy atom. The van der Waals surface area contributed by atoms with E-state index >= 15 is 0 Å². The standard InChI is InChI=1S/C23H29N/c1-3-5-7-12-19-17-20-16-15-18-11-9-10-13-21(18)23(20)24-22(19)14-8-6-4-2/h9-11,13,15-17H,3-8,12,14H2,1-2H3. The number of pyridine rings is 1. The smallest absolute Gasteiger partial charge is 0.0783 e. The summed E-state index contributed by atoms with van der Waals surface area (Å²) in [7, 11) is 0. The third kappa shape index (κ3) is 3.77. The summed E-state index contributed by atoms with van der Waals surface area (Å²) in [5.41, 5.74) is 3.99. The minimum Gasteiger partial charge on any atom is -0.252 e. The van der Waals surface area contributed by atoms with Crippen LogP contribution in [0.2, 0.25) is 0 Å². The number of hydrogen-bond donors (Lipinski definition) is 0. The number of fused-ring (bicyclic) bond motifs is 3. The summed E-state index contributed by atoms with van der Waals surface area (Å²) >= 11 is 0. The zero-order valence-electron chi connectivity index (χ0n) is 15.1. The summed E-state index contributed by atoms with van der Waals surface area (Å²) in [6, 6.07) is 15.5. The highest BCUT2D eigenvalue weighted by Gasteiger charge is 2.09. The Bertz CT molecular complexity index is 804. The van der Waals surface area contributed by atoms with Crippen LogP contribution in [0, 0.1) is 0 Å². The van der Waals surface area contributed by atoms with E-state index in [-0.39, 0.29) is 0 Å². The molecule has 0 aliphatic rings. The number of rotatable bonds is 8. The average Bonchev–Trinajstić information content (AvgIpc) is 2.62. The quantitative estimate of drug-likeness (QED) is 0.327. The molecule has 2 aromatic carbocycles. The molecule has 0 fully saturated rings. The summed E-state index contributed by atoms with van der Waals surface area (Å²) in [5, 5.41) is 3.86. The van der Waals surface area contributed by atoms with Gasteiger partial charge < -0.3 is 0 Å². The number of hydrogen-bond acceptors (Lipinski definition) is 1. The van der Waals surface area contributed by atoms with Crippen LogP contribution >= 0.6 is 0 Å². The molecule has 126 valence electrons. The van der Waals surface area contributed by atoms with Crippen molar-refractivity contribution in [2.75, 3.05) is 0 Å². The predicted octanol–water partition coefficient (Wildman–Crippen LogP) is 6.85. The van der Waals surface area contributed by atoms with Crippen molar-refractivity contribution >= 4 is 21.7 Å². The Kier molecular flexibility index (Phi) is 5.85. The number of aromatic nitrogens is 1. The molecule has 0 unspecified atom stereocenters. The Morgan fingerprint density at radius 2 is 1.46 bits per heavy atom. The maximum Gasteiger partial charge on any atom is 0.0783 e. The fourth-order valence-corrected chi connectivity index (χ4v) is 3.53. The predicted molar refractivity (Wildman–Crippen MR) is 106 cm³/mol. The normalized spacial score (nSPS) is 11.4. The molecule has 0 saturated heterocycles. The van der Waals surface area contributed by atoms with Crippen LogP contribution in [0.3, 0.4) is 0 Å². The molecule has 0 aliphatic heterocycles. The first-order chi connectivity index (χ1) is 11.8. The molecule has 0 spiro atoms. The van der Waals surface area contributed by atoms with E-state index in [0.717, 1.165) is 6.42 Å². The molecule has 1 heteroatoms. The van der Waals surface area contributed by atoms with Crippen LogP contribution in [0.4, 0.5) is 0 Å². The highest BCUT2D eigenvalue weighted by molar-refractivity contribution is 6.05. The summed E-state index contributed by atoms with van der Waals surface area (Å²) in [5.74, 6) is 0. The van der Waals surface area contributed by atoms with Crippen LogP contribution in [0.5, 0.6) is 0 Å². The number of aryl methyl sites for hydroxylation is 2. The van der Waals surface area contributed by atoms with Gasteiger partial charge in [-0.1, -0.05) is 75.9 Å². The highest BCUT2D eigenvalue weighted by atomic mass is 14.7. The number of unbranched alkanes of at least 4 members (excludes halogenated alkanes) is 4. The van der Waals surface area contributed by atoms with Gasteiger partial charge in [0.25, 0.3) is 0 Å². The van der Waals surface area contributed by atoms with Crippen LogP contribution in [0.1, 0.15) is 63.6 Å². The van der Waals surface area contributed by atoms with Gasteiger partial charge in [-0.15, -0.1) is 0 Å². The molecule has 24 heavy (non-hydrogen) atoms. The van der Waals surface area contributed by atoms with E-state index in [1.165, 1.54) is 77.9 Å². The van der Waals surface area contributed by atoms with Gasteiger partial charge in [0.2, 0.25) is 0 Å². The van der Waals surface area contributed by atoms with Gasteiger partial charge in [0, 0.05) is 16.5 Å². The van der Waals surface area contributed by atoms with E-state index < -0.39 is 0 Å². The van der Waals surface area contributed by atoms with Gasteiger partial charge in [-0.05, 0) is 42.7 Å². The first kappa shape index (κ1) is 17.0. The Labute approximate surface area is 146 Å². The summed E-state index contributed by atoms with van der Waals surface area (Å²) in [4.78, 5) is 5.15. The van der Waals surface area contributed by atoms with Crippen LogP contribution in [0.15, 0.2) is 42.5 Å². The van der Waals surface area contributed by atoms with E-state index in [1.54, 1.807) is 0 Å². The second kappa shape index (κ2) is 8.28. The van der Waals surface area contributed by atoms with Gasteiger partial charge in [0.15, 0.2) is 0 Å². The molecular formula is C23H29N. The van der Waals surface area contributed by atoms with Crippen LogP contribution in [0.25, 0.3) is 21.7 Å². The molecule has 3 rings (SSSR count). The second-order valence-corrected chi connectivity index (χ2v) is 6.87. The fourth-order valence-electron chi connectivity index (χ4n) is 3.53. The van der Waals surface area contributed by atoms with Crippen molar-refractivity contribution < 1.29 is 0 Å². The number of benzene rings is 2. The lowest BCUT2D eigenvalue weighted by molar-refractivity contribution is 0.685. The van der Waals surface area contributed by atoms with Crippen molar-refractivity contribution in [3.8, 4) is 0 Å². The number of nitrogens with zero attached hydrogens (tertiary/aromatic N) is 1. The lowest BCUT2D eigenvalue weighted by Gasteiger charge is -2.12. The Morgan fingerprint density at radius 3 is 2.25 bits per heavy atom. The monoisotopic (exact) mass is 319 g/mol. The molecule has 0 radical (unpaired) electrons. The molecular weight excluding hydrogens is 290 g/mol. The van der Waals surface area contributed by atoms with Crippen molar-refractivity contribution in [1.29, 1.82) is 0 Å². The van der Waals surface area contributed by atoms with E-state index in [0.29, 0.717) is 0 Å². The summed E-state index contributed by atoms with van der Waals surface area (Å²) in [6.45, 7) is 4.54. The Balaban J connectivity index is 2.03. The SMILES string of the molecule is CCCCCc1cc2ccc3ccccc3c2nc1CCCCC. The lowest BCUT2D eigenvalue weighted by Crippen LogP contribution is -2.00. The van der Waals surface area contributed by atoms with Gasteiger partial charge >= 0.3 is 0 Å². The van der Waals surface area contributed by atoms with Crippen molar-refractivity contribution in [3.63, 3.8) is 0 Å². The zero-order chi connectivity index (χ0) is 16.8. The molecule has 0 aliphatic carbocycles. The summed E-state index contributed by atoms with van der Waals surface area (Å²) in [6.07, 6.45) is 9.96. The molecule has 0 amide bonds. The van der Waals surface area contributed by atoms with Gasteiger partial charge in [-0.25, -0.2) is 0 Å². The van der Waals surface area contributed by atoms with Crippen molar-refractivity contribution in [2.45, 2.75) is 65.2 Å².